The van der Waals surface area contributed by atoms with Crippen molar-refractivity contribution in [1.82, 2.24) is 5.06 Å². The van der Waals surface area contributed by atoms with Crippen molar-refractivity contribution in [1.29, 1.82) is 0 Å². The van der Waals surface area contributed by atoms with Gasteiger partial charge in [-0.3, -0.25) is 9.59 Å². The monoisotopic (exact) mass is 274 g/mol. The minimum atomic E-state index is -0.635. The highest BCUT2D eigenvalue weighted by molar-refractivity contribution is 5.79. The molecule has 1 aliphatic heterocycles. The van der Waals surface area contributed by atoms with Crippen LogP contribution in [-0.4, -0.2) is 39.8 Å². The van der Waals surface area contributed by atoms with Crippen LogP contribution in [0.15, 0.2) is 0 Å². The zero-order chi connectivity index (χ0) is 14.8. The highest BCUT2D eigenvalue weighted by Gasteiger charge is 2.27. The molecule has 1 heterocycles. The van der Waals surface area contributed by atoms with Crippen LogP contribution < -0.4 is 5.73 Å². The summed E-state index contributed by atoms with van der Waals surface area (Å²) in [6.07, 6.45) is 5.12. The Labute approximate surface area is 114 Å². The van der Waals surface area contributed by atoms with Crippen molar-refractivity contribution in [2.24, 2.45) is 11.7 Å². The van der Waals surface area contributed by atoms with E-state index < -0.39 is 17.9 Å². The Balaban J connectivity index is 0.000000342. The Kier molecular flexibility index (Phi) is 9.16. The summed E-state index contributed by atoms with van der Waals surface area (Å²) in [7, 11) is 0. The number of carboxylic acid groups (broad SMARTS) is 1. The van der Waals surface area contributed by atoms with Crippen LogP contribution in [0.1, 0.15) is 52.4 Å². The number of rotatable bonds is 6. The molecule has 4 N–H and O–H groups in total. The van der Waals surface area contributed by atoms with Crippen LogP contribution in [0.2, 0.25) is 0 Å². The van der Waals surface area contributed by atoms with Crippen LogP contribution in [0.4, 0.5) is 0 Å². The molecule has 1 atom stereocenters. The van der Waals surface area contributed by atoms with Gasteiger partial charge in [-0.15, -0.1) is 0 Å². The molecular formula is C13H26N2O4. The summed E-state index contributed by atoms with van der Waals surface area (Å²) >= 11 is 0. The molecule has 0 bridgehead atoms. The number of aliphatic carboxylic acids is 1. The fourth-order valence-corrected chi connectivity index (χ4v) is 2.13. The SMILES string of the molecule is CCCC(CCC)C(=O)O.NC(=O)C1CCCN1O. The molecule has 0 aromatic carbocycles. The first-order valence-electron chi connectivity index (χ1n) is 6.91. The number of primary amides is 1. The first-order valence-corrected chi connectivity index (χ1v) is 6.91. The Hall–Kier alpha value is -1.14. The van der Waals surface area contributed by atoms with Crippen LogP contribution in [-0.2, 0) is 9.59 Å². The van der Waals surface area contributed by atoms with Crippen molar-refractivity contribution >= 4 is 11.9 Å². The number of hydroxylamine groups is 2. The molecule has 6 heteroatoms. The largest absolute Gasteiger partial charge is 0.481 e. The van der Waals surface area contributed by atoms with Gasteiger partial charge in [0, 0.05) is 6.54 Å². The van der Waals surface area contributed by atoms with Crippen molar-refractivity contribution in [3.05, 3.63) is 0 Å². The maximum atomic E-state index is 10.5. The van der Waals surface area contributed by atoms with Crippen molar-refractivity contribution in [3.63, 3.8) is 0 Å². The Morgan fingerprint density at radius 3 is 2.05 bits per heavy atom. The second-order valence-electron chi connectivity index (χ2n) is 4.84. The highest BCUT2D eigenvalue weighted by atomic mass is 16.5. The molecule has 19 heavy (non-hydrogen) atoms. The van der Waals surface area contributed by atoms with Gasteiger partial charge in [-0.25, -0.2) is 0 Å². The molecule has 1 unspecified atom stereocenters. The molecule has 0 radical (unpaired) electrons. The normalized spacial score (nSPS) is 19.1. The Bertz CT molecular complexity index is 278. The quantitative estimate of drug-likeness (QED) is 0.682. The molecule has 0 aliphatic carbocycles. The molecular weight excluding hydrogens is 248 g/mol. The van der Waals surface area contributed by atoms with Crippen molar-refractivity contribution < 1.29 is 19.9 Å². The molecule has 1 fully saturated rings. The zero-order valence-corrected chi connectivity index (χ0v) is 11.8. The summed E-state index contributed by atoms with van der Waals surface area (Å²) in [6, 6.07) is -0.440. The third kappa shape index (κ3) is 7.12. The lowest BCUT2D eigenvalue weighted by molar-refractivity contribution is -0.143. The van der Waals surface area contributed by atoms with Gasteiger partial charge in [0.1, 0.15) is 6.04 Å². The van der Waals surface area contributed by atoms with Crippen molar-refractivity contribution in [2.45, 2.75) is 58.4 Å². The van der Waals surface area contributed by atoms with Gasteiger partial charge in [-0.2, -0.15) is 5.06 Å². The van der Waals surface area contributed by atoms with Gasteiger partial charge in [0.15, 0.2) is 0 Å². The van der Waals surface area contributed by atoms with E-state index in [0.717, 1.165) is 37.2 Å². The number of carboxylic acids is 1. The van der Waals surface area contributed by atoms with Crippen LogP contribution in [0.5, 0.6) is 0 Å². The molecule has 0 aromatic rings. The van der Waals surface area contributed by atoms with E-state index in [1.54, 1.807) is 0 Å². The number of carbonyl (C=O) groups is 2. The average Bonchev–Trinajstić information content (AvgIpc) is 2.76. The van der Waals surface area contributed by atoms with Crippen LogP contribution in [0, 0.1) is 5.92 Å². The second kappa shape index (κ2) is 9.75. The highest BCUT2D eigenvalue weighted by Crippen LogP contribution is 2.13. The zero-order valence-electron chi connectivity index (χ0n) is 11.8. The molecule has 1 saturated heterocycles. The van der Waals surface area contributed by atoms with Crippen molar-refractivity contribution in [2.75, 3.05) is 6.54 Å². The molecule has 1 aliphatic rings. The van der Waals surface area contributed by atoms with Gasteiger partial charge in [-0.05, 0) is 25.7 Å². The van der Waals surface area contributed by atoms with Gasteiger partial charge in [0.2, 0.25) is 5.91 Å². The molecule has 1 rings (SSSR count). The van der Waals surface area contributed by atoms with E-state index in [4.69, 9.17) is 16.0 Å². The minimum Gasteiger partial charge on any atom is -0.481 e. The molecule has 0 saturated carbocycles. The van der Waals surface area contributed by atoms with E-state index in [1.807, 2.05) is 13.8 Å². The number of hydrogen-bond acceptors (Lipinski definition) is 4. The predicted octanol–water partition coefficient (Wildman–Crippen LogP) is 1.61. The van der Waals surface area contributed by atoms with Crippen molar-refractivity contribution in [3.8, 4) is 0 Å². The average molecular weight is 274 g/mol. The third-order valence-electron chi connectivity index (χ3n) is 3.18. The smallest absolute Gasteiger partial charge is 0.306 e. The van der Waals surface area contributed by atoms with Crippen LogP contribution in [0.25, 0.3) is 0 Å². The lowest BCUT2D eigenvalue weighted by Gasteiger charge is -2.12. The second-order valence-corrected chi connectivity index (χ2v) is 4.84. The number of amides is 1. The number of nitrogens with two attached hydrogens (primary N) is 1. The number of nitrogens with zero attached hydrogens (tertiary/aromatic N) is 1. The summed E-state index contributed by atoms with van der Waals surface area (Å²) in [5, 5.41) is 18.5. The molecule has 6 nitrogen and oxygen atoms in total. The third-order valence-corrected chi connectivity index (χ3v) is 3.18. The van der Waals surface area contributed by atoms with E-state index in [2.05, 4.69) is 0 Å². The van der Waals surface area contributed by atoms with E-state index >= 15 is 0 Å². The fraction of sp³-hybridized carbons (Fsp3) is 0.846. The fourth-order valence-electron chi connectivity index (χ4n) is 2.13. The summed E-state index contributed by atoms with van der Waals surface area (Å²) in [6.45, 7) is 4.60. The predicted molar refractivity (Wildman–Crippen MR) is 71.7 cm³/mol. The topological polar surface area (TPSA) is 104 Å². The van der Waals surface area contributed by atoms with E-state index in [0.29, 0.717) is 13.0 Å². The van der Waals surface area contributed by atoms with Gasteiger partial charge in [0.25, 0.3) is 0 Å². The van der Waals surface area contributed by atoms with Gasteiger partial charge in [0.05, 0.1) is 5.92 Å². The first kappa shape index (κ1) is 17.9. The Morgan fingerprint density at radius 2 is 1.84 bits per heavy atom. The maximum Gasteiger partial charge on any atom is 0.306 e. The standard InChI is InChI=1S/C8H16O2.C5H10N2O2/c1-3-5-7(6-4-2)8(9)10;6-5(8)4-2-1-3-7(4)9/h7H,3-6H2,1-2H3,(H,9,10);4,9H,1-3H2,(H2,6,8). The van der Waals surface area contributed by atoms with E-state index in [9.17, 15) is 9.59 Å². The van der Waals surface area contributed by atoms with E-state index in [1.165, 1.54) is 0 Å². The summed E-state index contributed by atoms with van der Waals surface area (Å²) in [5.74, 6) is -1.17. The number of hydrogen-bond donors (Lipinski definition) is 3. The molecule has 0 aromatic heterocycles. The lowest BCUT2D eigenvalue weighted by atomic mass is 9.99. The first-order chi connectivity index (χ1) is 8.93. The van der Waals surface area contributed by atoms with Crippen LogP contribution in [0.3, 0.4) is 0 Å². The van der Waals surface area contributed by atoms with Gasteiger partial charge in [-0.1, -0.05) is 26.7 Å². The van der Waals surface area contributed by atoms with Gasteiger partial charge >= 0.3 is 5.97 Å². The molecule has 0 spiro atoms. The van der Waals surface area contributed by atoms with E-state index in [-0.39, 0.29) is 5.92 Å². The minimum absolute atomic E-state index is 0.102. The maximum absolute atomic E-state index is 10.5. The van der Waals surface area contributed by atoms with Gasteiger partial charge < -0.3 is 16.0 Å². The van der Waals surface area contributed by atoms with Crippen LogP contribution >= 0.6 is 0 Å². The molecule has 112 valence electrons. The summed E-state index contributed by atoms with van der Waals surface area (Å²) in [4.78, 5) is 20.9. The molecule has 1 amide bonds. The summed E-state index contributed by atoms with van der Waals surface area (Å²) in [5.41, 5.74) is 4.95. The summed E-state index contributed by atoms with van der Waals surface area (Å²) < 4.78 is 0. The Morgan fingerprint density at radius 1 is 1.32 bits per heavy atom. The number of carbonyl (C=O) groups excluding carboxylic acids is 1. The lowest BCUT2D eigenvalue weighted by Crippen LogP contribution is -2.38.